The normalized spacial score (nSPS) is 18.4. The monoisotopic (exact) mass is 215 g/mol. The number of nitrogens with one attached hydrogen (secondary N) is 1. The van der Waals surface area contributed by atoms with Crippen LogP contribution in [0.15, 0.2) is 29.8 Å². The maximum absolute atomic E-state index is 3.67. The van der Waals surface area contributed by atoms with Crippen LogP contribution in [0.1, 0.15) is 50.3 Å². The topological polar surface area (TPSA) is 12.0 Å². The third-order valence-electron chi connectivity index (χ3n) is 3.31. The summed E-state index contributed by atoms with van der Waals surface area (Å²) in [4.78, 5) is 0. The van der Waals surface area contributed by atoms with Gasteiger partial charge < -0.3 is 5.32 Å². The minimum atomic E-state index is 0.466. The highest BCUT2D eigenvalue weighted by atomic mass is 14.9. The molecule has 0 bridgehead atoms. The molecule has 1 aromatic rings. The average molecular weight is 215 g/mol. The molecule has 16 heavy (non-hydrogen) atoms. The van der Waals surface area contributed by atoms with Crippen molar-refractivity contribution in [3.8, 4) is 0 Å². The first kappa shape index (κ1) is 11.4. The van der Waals surface area contributed by atoms with Crippen LogP contribution in [-0.2, 0) is 0 Å². The Labute approximate surface area is 98.6 Å². The van der Waals surface area contributed by atoms with E-state index < -0.39 is 0 Å². The van der Waals surface area contributed by atoms with Gasteiger partial charge in [0, 0.05) is 0 Å². The van der Waals surface area contributed by atoms with Crippen LogP contribution in [0.25, 0.3) is 6.08 Å². The fourth-order valence-corrected chi connectivity index (χ4v) is 2.36. The van der Waals surface area contributed by atoms with Gasteiger partial charge in [0.25, 0.3) is 0 Å². The third kappa shape index (κ3) is 2.19. The number of rotatable bonds is 5. The maximum atomic E-state index is 3.67. The number of benzene rings is 1. The predicted molar refractivity (Wildman–Crippen MR) is 70.4 cm³/mol. The lowest BCUT2D eigenvalue weighted by Crippen LogP contribution is -2.22. The molecule has 86 valence electrons. The second kappa shape index (κ2) is 5.31. The highest BCUT2D eigenvalue weighted by molar-refractivity contribution is 5.66. The van der Waals surface area contributed by atoms with Crippen LogP contribution in [0.3, 0.4) is 0 Å². The van der Waals surface area contributed by atoms with Gasteiger partial charge in [-0.15, -0.1) is 0 Å². The highest BCUT2D eigenvalue weighted by Gasteiger charge is 2.22. The third-order valence-corrected chi connectivity index (χ3v) is 3.31. The SMILES string of the molecule is CCCCNC1C(CC)=Cc2ccccc21. The second-order valence-electron chi connectivity index (χ2n) is 4.44. The zero-order valence-corrected chi connectivity index (χ0v) is 10.3. The summed E-state index contributed by atoms with van der Waals surface area (Å²) in [5.74, 6) is 0. The van der Waals surface area contributed by atoms with Gasteiger partial charge in [0.2, 0.25) is 0 Å². The Hall–Kier alpha value is -1.08. The van der Waals surface area contributed by atoms with Gasteiger partial charge in [-0.25, -0.2) is 0 Å². The largest absolute Gasteiger partial charge is 0.306 e. The molecular weight excluding hydrogens is 194 g/mol. The Balaban J connectivity index is 2.13. The lowest BCUT2D eigenvalue weighted by atomic mass is 10.0. The first-order chi connectivity index (χ1) is 7.86. The van der Waals surface area contributed by atoms with Crippen LogP contribution in [0, 0.1) is 0 Å². The molecule has 0 spiro atoms. The summed E-state index contributed by atoms with van der Waals surface area (Å²) >= 11 is 0. The average Bonchev–Trinajstić information content (AvgIpc) is 2.68. The van der Waals surface area contributed by atoms with Gasteiger partial charge in [-0.1, -0.05) is 50.6 Å². The number of hydrogen-bond acceptors (Lipinski definition) is 1. The van der Waals surface area contributed by atoms with Crippen molar-refractivity contribution in [2.75, 3.05) is 6.54 Å². The minimum Gasteiger partial charge on any atom is -0.306 e. The summed E-state index contributed by atoms with van der Waals surface area (Å²) in [6, 6.07) is 9.19. The maximum Gasteiger partial charge on any atom is 0.0545 e. The summed E-state index contributed by atoms with van der Waals surface area (Å²) in [6.07, 6.45) is 6.00. The fourth-order valence-electron chi connectivity index (χ4n) is 2.36. The second-order valence-corrected chi connectivity index (χ2v) is 4.44. The number of unbranched alkanes of at least 4 members (excludes halogenated alkanes) is 1. The van der Waals surface area contributed by atoms with E-state index in [4.69, 9.17) is 0 Å². The molecule has 1 aromatic carbocycles. The molecule has 1 heteroatoms. The Morgan fingerprint density at radius 1 is 1.19 bits per heavy atom. The van der Waals surface area contributed by atoms with Crippen molar-refractivity contribution in [1.82, 2.24) is 5.32 Å². The first-order valence-electron chi connectivity index (χ1n) is 6.39. The predicted octanol–water partition coefficient (Wildman–Crippen LogP) is 3.92. The summed E-state index contributed by atoms with van der Waals surface area (Å²) < 4.78 is 0. The lowest BCUT2D eigenvalue weighted by Gasteiger charge is -2.17. The molecular formula is C15H21N. The van der Waals surface area contributed by atoms with Gasteiger partial charge in [0.15, 0.2) is 0 Å². The van der Waals surface area contributed by atoms with Crippen molar-refractivity contribution in [2.24, 2.45) is 0 Å². The molecule has 1 nitrogen and oxygen atoms in total. The van der Waals surface area contributed by atoms with E-state index in [0.717, 1.165) is 13.0 Å². The minimum absolute atomic E-state index is 0.466. The Morgan fingerprint density at radius 2 is 2.00 bits per heavy atom. The highest BCUT2D eigenvalue weighted by Crippen LogP contribution is 2.35. The molecule has 0 radical (unpaired) electrons. The molecule has 1 atom stereocenters. The first-order valence-corrected chi connectivity index (χ1v) is 6.39. The van der Waals surface area contributed by atoms with Crippen LogP contribution in [0.2, 0.25) is 0 Å². The standard InChI is InChI=1S/C15H21N/c1-3-5-10-16-15-12(4-2)11-13-8-6-7-9-14(13)15/h6-9,11,15-16H,3-5,10H2,1-2H3. The Kier molecular flexibility index (Phi) is 3.79. The van der Waals surface area contributed by atoms with E-state index in [9.17, 15) is 0 Å². The van der Waals surface area contributed by atoms with Crippen LogP contribution in [0.4, 0.5) is 0 Å². The quantitative estimate of drug-likeness (QED) is 0.734. The molecule has 1 unspecified atom stereocenters. The molecule has 0 heterocycles. The molecule has 1 N–H and O–H groups in total. The summed E-state index contributed by atoms with van der Waals surface area (Å²) in [5, 5.41) is 3.67. The van der Waals surface area contributed by atoms with Gasteiger partial charge in [-0.3, -0.25) is 0 Å². The van der Waals surface area contributed by atoms with Gasteiger partial charge in [-0.2, -0.15) is 0 Å². The van der Waals surface area contributed by atoms with Crippen molar-refractivity contribution in [1.29, 1.82) is 0 Å². The van der Waals surface area contributed by atoms with Gasteiger partial charge in [0.05, 0.1) is 6.04 Å². The smallest absolute Gasteiger partial charge is 0.0545 e. The van der Waals surface area contributed by atoms with Crippen LogP contribution >= 0.6 is 0 Å². The summed E-state index contributed by atoms with van der Waals surface area (Å²) in [5.41, 5.74) is 4.38. The van der Waals surface area contributed by atoms with E-state index in [1.165, 1.54) is 29.5 Å². The van der Waals surface area contributed by atoms with Gasteiger partial charge in [0.1, 0.15) is 0 Å². The molecule has 1 aliphatic carbocycles. The molecule has 2 rings (SSSR count). The van der Waals surface area contributed by atoms with Crippen molar-refractivity contribution < 1.29 is 0 Å². The zero-order valence-electron chi connectivity index (χ0n) is 10.3. The van der Waals surface area contributed by atoms with Crippen LogP contribution in [0.5, 0.6) is 0 Å². The van der Waals surface area contributed by atoms with E-state index in [1.807, 2.05) is 0 Å². The lowest BCUT2D eigenvalue weighted by molar-refractivity contribution is 0.569. The van der Waals surface area contributed by atoms with E-state index in [-0.39, 0.29) is 0 Å². The van der Waals surface area contributed by atoms with Crippen LogP contribution in [-0.4, -0.2) is 6.54 Å². The van der Waals surface area contributed by atoms with Crippen molar-refractivity contribution in [2.45, 2.75) is 39.2 Å². The fraction of sp³-hybridized carbons (Fsp3) is 0.467. The Bertz CT molecular complexity index is 379. The van der Waals surface area contributed by atoms with Gasteiger partial charge in [-0.05, 0) is 36.1 Å². The van der Waals surface area contributed by atoms with Crippen molar-refractivity contribution in [3.05, 3.63) is 41.0 Å². The van der Waals surface area contributed by atoms with E-state index in [2.05, 4.69) is 49.5 Å². The molecule has 0 saturated heterocycles. The van der Waals surface area contributed by atoms with E-state index in [0.29, 0.717) is 6.04 Å². The summed E-state index contributed by atoms with van der Waals surface area (Å²) in [7, 11) is 0. The molecule has 0 aromatic heterocycles. The van der Waals surface area contributed by atoms with Crippen molar-refractivity contribution >= 4 is 6.08 Å². The van der Waals surface area contributed by atoms with Crippen LogP contribution < -0.4 is 5.32 Å². The van der Waals surface area contributed by atoms with E-state index >= 15 is 0 Å². The molecule has 1 aliphatic rings. The molecule has 0 fully saturated rings. The number of hydrogen-bond donors (Lipinski definition) is 1. The molecule has 0 aliphatic heterocycles. The van der Waals surface area contributed by atoms with Gasteiger partial charge >= 0.3 is 0 Å². The Morgan fingerprint density at radius 3 is 2.75 bits per heavy atom. The van der Waals surface area contributed by atoms with Crippen molar-refractivity contribution in [3.63, 3.8) is 0 Å². The molecule has 0 amide bonds. The molecule has 0 saturated carbocycles. The van der Waals surface area contributed by atoms with E-state index in [1.54, 1.807) is 0 Å². The zero-order chi connectivity index (χ0) is 11.4. The number of fused-ring (bicyclic) bond motifs is 1. The summed E-state index contributed by atoms with van der Waals surface area (Å²) in [6.45, 7) is 5.60.